The molecule has 0 saturated carbocycles. The molecule has 1 aliphatic heterocycles. The summed E-state index contributed by atoms with van der Waals surface area (Å²) in [6.45, 7) is 3.24. The van der Waals surface area contributed by atoms with Crippen LogP contribution in [0.4, 0.5) is 6.01 Å². The quantitative estimate of drug-likeness (QED) is 0.441. The third kappa shape index (κ3) is 3.84. The number of nitrogens with zero attached hydrogens (tertiary/aromatic N) is 2. The number of carbonyl (C=O) groups excluding carboxylic acids is 1. The minimum atomic E-state index is -3.46. The number of nitrogens with one attached hydrogen (secondary N) is 1. The van der Waals surface area contributed by atoms with Crippen LogP contribution in [0.5, 0.6) is 11.5 Å². The number of sulfone groups is 1. The summed E-state index contributed by atoms with van der Waals surface area (Å²) in [6, 6.07) is 20.9. The van der Waals surface area contributed by atoms with E-state index in [1.807, 2.05) is 48.5 Å². The molecule has 0 unspecified atom stereocenters. The van der Waals surface area contributed by atoms with E-state index in [0.717, 1.165) is 11.1 Å². The predicted octanol–water partition coefficient (Wildman–Crippen LogP) is 4.80. The first-order valence-corrected chi connectivity index (χ1v) is 12.2. The maximum absolute atomic E-state index is 13.3. The largest absolute Gasteiger partial charge is 0.457 e. The molecule has 172 valence electrons. The first-order valence-electron chi connectivity index (χ1n) is 10.7. The number of hydrogen-bond acceptors (Lipinski definition) is 7. The SMILES string of the molecule is CC(C)S(=O)(=O)c1cccc(-c2nnc(NC(=O)C3c4ccccc4Oc4ccccc43)o2)c1. The number of aromatic nitrogens is 2. The van der Waals surface area contributed by atoms with E-state index in [2.05, 4.69) is 15.5 Å². The van der Waals surface area contributed by atoms with Gasteiger partial charge in [0.15, 0.2) is 9.84 Å². The minimum Gasteiger partial charge on any atom is -0.457 e. The van der Waals surface area contributed by atoms with Gasteiger partial charge in [-0.2, -0.15) is 0 Å². The third-order valence-electron chi connectivity index (χ3n) is 5.63. The van der Waals surface area contributed by atoms with Crippen LogP contribution in [0.15, 0.2) is 82.1 Å². The fourth-order valence-electron chi connectivity index (χ4n) is 3.84. The van der Waals surface area contributed by atoms with Crippen LogP contribution in [0, 0.1) is 0 Å². The Morgan fingerprint density at radius 3 is 2.21 bits per heavy atom. The zero-order chi connectivity index (χ0) is 23.9. The average Bonchev–Trinajstić information content (AvgIpc) is 3.30. The summed E-state index contributed by atoms with van der Waals surface area (Å²) in [5.74, 6) is 0.334. The topological polar surface area (TPSA) is 111 Å². The van der Waals surface area contributed by atoms with Gasteiger partial charge in [-0.1, -0.05) is 47.6 Å². The molecule has 5 rings (SSSR count). The van der Waals surface area contributed by atoms with Crippen LogP contribution >= 0.6 is 0 Å². The molecule has 1 aromatic heterocycles. The Hall–Kier alpha value is -3.98. The van der Waals surface area contributed by atoms with E-state index in [1.54, 1.807) is 26.0 Å². The fraction of sp³-hybridized carbons (Fsp3) is 0.160. The van der Waals surface area contributed by atoms with E-state index in [0.29, 0.717) is 17.1 Å². The Morgan fingerprint density at radius 1 is 0.912 bits per heavy atom. The van der Waals surface area contributed by atoms with Crippen molar-refractivity contribution in [1.82, 2.24) is 10.2 Å². The summed E-state index contributed by atoms with van der Waals surface area (Å²) in [4.78, 5) is 13.5. The van der Waals surface area contributed by atoms with Gasteiger partial charge in [-0.05, 0) is 44.2 Å². The lowest BCUT2D eigenvalue weighted by atomic mass is 9.87. The normalized spacial score (nSPS) is 13.1. The molecule has 0 atom stereocenters. The van der Waals surface area contributed by atoms with Crippen molar-refractivity contribution in [1.29, 1.82) is 0 Å². The van der Waals surface area contributed by atoms with E-state index in [4.69, 9.17) is 9.15 Å². The Balaban J connectivity index is 1.43. The van der Waals surface area contributed by atoms with Crippen molar-refractivity contribution in [3.05, 3.63) is 83.9 Å². The molecular formula is C25H21N3O5S. The van der Waals surface area contributed by atoms with Crippen molar-refractivity contribution >= 4 is 21.8 Å². The van der Waals surface area contributed by atoms with E-state index < -0.39 is 21.0 Å². The Kier molecular flexibility index (Phi) is 5.41. The van der Waals surface area contributed by atoms with Crippen molar-refractivity contribution in [2.24, 2.45) is 0 Å². The molecule has 0 fully saturated rings. The average molecular weight is 476 g/mol. The lowest BCUT2D eigenvalue weighted by molar-refractivity contribution is -0.117. The van der Waals surface area contributed by atoms with Gasteiger partial charge in [0.2, 0.25) is 11.8 Å². The van der Waals surface area contributed by atoms with Crippen LogP contribution < -0.4 is 10.1 Å². The smallest absolute Gasteiger partial charge is 0.322 e. The molecule has 4 aromatic rings. The molecule has 1 amide bonds. The maximum Gasteiger partial charge on any atom is 0.322 e. The second-order valence-corrected chi connectivity index (χ2v) is 10.6. The number of rotatable bonds is 5. The molecule has 0 aliphatic carbocycles. The van der Waals surface area contributed by atoms with Crippen molar-refractivity contribution < 1.29 is 22.4 Å². The Morgan fingerprint density at radius 2 is 1.56 bits per heavy atom. The van der Waals surface area contributed by atoms with Crippen molar-refractivity contribution in [2.75, 3.05) is 5.32 Å². The molecule has 2 heterocycles. The molecule has 0 saturated heterocycles. The van der Waals surface area contributed by atoms with Gasteiger partial charge in [-0.25, -0.2) is 8.42 Å². The molecule has 1 N–H and O–H groups in total. The molecule has 8 nitrogen and oxygen atoms in total. The van der Waals surface area contributed by atoms with Crippen LogP contribution in [0.3, 0.4) is 0 Å². The standard InChI is InChI=1S/C25H21N3O5S/c1-15(2)34(30,31)17-9-7-8-16(14-17)24-27-28-25(33-24)26-23(29)22-18-10-3-5-12-20(18)32-21-13-6-4-11-19(21)22/h3-15,22H,1-2H3,(H,26,28,29). The Labute approximate surface area is 196 Å². The molecule has 0 radical (unpaired) electrons. The summed E-state index contributed by atoms with van der Waals surface area (Å²) in [6.07, 6.45) is 0. The minimum absolute atomic E-state index is 0.0847. The van der Waals surface area contributed by atoms with Crippen LogP contribution in [-0.2, 0) is 14.6 Å². The number of benzene rings is 3. The number of para-hydroxylation sites is 2. The number of hydrogen-bond donors (Lipinski definition) is 1. The first-order chi connectivity index (χ1) is 16.3. The highest BCUT2D eigenvalue weighted by Crippen LogP contribution is 2.44. The highest BCUT2D eigenvalue weighted by molar-refractivity contribution is 7.92. The van der Waals surface area contributed by atoms with Crippen LogP contribution in [0.1, 0.15) is 30.9 Å². The summed E-state index contributed by atoms with van der Waals surface area (Å²) in [5, 5.41) is 10.1. The van der Waals surface area contributed by atoms with Gasteiger partial charge < -0.3 is 9.15 Å². The summed E-state index contributed by atoms with van der Waals surface area (Å²) >= 11 is 0. The zero-order valence-corrected chi connectivity index (χ0v) is 19.2. The molecule has 9 heteroatoms. The van der Waals surface area contributed by atoms with E-state index in [-0.39, 0.29) is 22.7 Å². The maximum atomic E-state index is 13.3. The molecule has 1 aliphatic rings. The van der Waals surface area contributed by atoms with Crippen molar-refractivity contribution in [2.45, 2.75) is 29.9 Å². The second kappa shape index (κ2) is 8.42. The van der Waals surface area contributed by atoms with Crippen molar-refractivity contribution in [3.8, 4) is 23.0 Å². The second-order valence-electron chi connectivity index (χ2n) is 8.13. The van der Waals surface area contributed by atoms with Gasteiger partial charge >= 0.3 is 6.01 Å². The summed E-state index contributed by atoms with van der Waals surface area (Å²) in [5.41, 5.74) is 1.89. The number of fused-ring (bicyclic) bond motifs is 2. The van der Waals surface area contributed by atoms with Gasteiger partial charge in [-0.15, -0.1) is 5.10 Å². The first kappa shape index (κ1) is 21.8. The van der Waals surface area contributed by atoms with Gasteiger partial charge in [0.05, 0.1) is 16.1 Å². The van der Waals surface area contributed by atoms with Gasteiger partial charge in [-0.3, -0.25) is 10.1 Å². The molecule has 34 heavy (non-hydrogen) atoms. The molecular weight excluding hydrogens is 454 g/mol. The molecule has 0 spiro atoms. The van der Waals surface area contributed by atoms with Crippen molar-refractivity contribution in [3.63, 3.8) is 0 Å². The van der Waals surface area contributed by atoms with Crippen LogP contribution in [0.25, 0.3) is 11.5 Å². The number of anilines is 1. The Bertz CT molecular complexity index is 1450. The van der Waals surface area contributed by atoms with E-state index in [1.165, 1.54) is 12.1 Å². The summed E-state index contributed by atoms with van der Waals surface area (Å²) in [7, 11) is -3.46. The lowest BCUT2D eigenvalue weighted by Crippen LogP contribution is -2.25. The highest BCUT2D eigenvalue weighted by atomic mass is 32.2. The molecule has 0 bridgehead atoms. The number of carbonyl (C=O) groups is 1. The van der Waals surface area contributed by atoms with E-state index in [9.17, 15) is 13.2 Å². The number of amides is 1. The van der Waals surface area contributed by atoms with Gasteiger partial charge in [0.1, 0.15) is 11.5 Å². The fourth-order valence-corrected chi connectivity index (χ4v) is 4.94. The lowest BCUT2D eigenvalue weighted by Gasteiger charge is -2.26. The van der Waals surface area contributed by atoms with Gasteiger partial charge in [0.25, 0.3) is 0 Å². The monoisotopic (exact) mass is 475 g/mol. The van der Waals surface area contributed by atoms with Gasteiger partial charge in [0, 0.05) is 16.7 Å². The number of ether oxygens (including phenoxy) is 1. The predicted molar refractivity (Wildman–Crippen MR) is 125 cm³/mol. The zero-order valence-electron chi connectivity index (χ0n) is 18.4. The third-order valence-corrected chi connectivity index (χ3v) is 7.78. The highest BCUT2D eigenvalue weighted by Gasteiger charge is 2.33. The van der Waals surface area contributed by atoms with E-state index >= 15 is 0 Å². The van der Waals surface area contributed by atoms with Crippen LogP contribution in [-0.4, -0.2) is 29.8 Å². The summed E-state index contributed by atoms with van der Waals surface area (Å²) < 4.78 is 36.6. The molecule has 3 aromatic carbocycles. The van der Waals surface area contributed by atoms with Crippen LogP contribution in [0.2, 0.25) is 0 Å².